The normalized spacial score (nSPS) is 26.0. The fraction of sp³-hybridized carbons (Fsp3) is 0.581. The lowest BCUT2D eigenvalue weighted by molar-refractivity contribution is -0.131. The molecule has 0 aromatic heterocycles. The zero-order valence-electron chi connectivity index (χ0n) is 20.9. The van der Waals surface area contributed by atoms with E-state index in [1.807, 2.05) is 0 Å². The molecule has 1 amide bonds. The molecule has 1 saturated heterocycles. The van der Waals surface area contributed by atoms with Crippen molar-refractivity contribution in [2.75, 3.05) is 19.6 Å². The molecule has 1 aliphatic heterocycles. The lowest BCUT2D eigenvalue weighted by Crippen LogP contribution is -2.40. The van der Waals surface area contributed by atoms with Crippen molar-refractivity contribution in [3.8, 4) is 0 Å². The predicted octanol–water partition coefficient (Wildman–Crippen LogP) is 6.29. The molecule has 2 aromatic carbocycles. The van der Waals surface area contributed by atoms with Crippen LogP contribution in [0.3, 0.4) is 0 Å². The second-order valence-electron chi connectivity index (χ2n) is 11.2. The Morgan fingerprint density at radius 2 is 1.56 bits per heavy atom. The molecule has 3 fully saturated rings. The van der Waals surface area contributed by atoms with E-state index < -0.39 is 0 Å². The first-order valence-corrected chi connectivity index (χ1v) is 13.8. The quantitative estimate of drug-likeness (QED) is 0.440. The number of benzene rings is 2. The van der Waals surface area contributed by atoms with Crippen LogP contribution in [-0.4, -0.2) is 47.4 Å². The summed E-state index contributed by atoms with van der Waals surface area (Å²) in [7, 11) is 0. The Morgan fingerprint density at radius 1 is 0.882 bits per heavy atom. The summed E-state index contributed by atoms with van der Waals surface area (Å²) in [5.41, 5.74) is 2.96. The van der Waals surface area contributed by atoms with Gasteiger partial charge in [0.25, 0.3) is 0 Å². The predicted molar refractivity (Wildman–Crippen MR) is 140 cm³/mol. The molecule has 1 unspecified atom stereocenters. The second kappa shape index (κ2) is 11.1. The van der Waals surface area contributed by atoms with E-state index in [4.69, 9.17) is 0 Å². The summed E-state index contributed by atoms with van der Waals surface area (Å²) in [6.45, 7) is 5.48. The van der Waals surface area contributed by atoms with Gasteiger partial charge in [0.15, 0.2) is 0 Å². The van der Waals surface area contributed by atoms with Crippen molar-refractivity contribution < 1.29 is 4.79 Å². The first-order chi connectivity index (χ1) is 16.7. The summed E-state index contributed by atoms with van der Waals surface area (Å²) < 4.78 is 0. The van der Waals surface area contributed by atoms with Crippen molar-refractivity contribution >= 4 is 5.91 Å². The van der Waals surface area contributed by atoms with Crippen molar-refractivity contribution in [1.82, 2.24) is 9.80 Å². The summed E-state index contributed by atoms with van der Waals surface area (Å²) in [6, 6.07) is 23.0. The fourth-order valence-electron chi connectivity index (χ4n) is 6.83. The highest BCUT2D eigenvalue weighted by molar-refractivity contribution is 5.74. The molecule has 0 bridgehead atoms. The van der Waals surface area contributed by atoms with Crippen LogP contribution in [-0.2, 0) is 11.2 Å². The van der Waals surface area contributed by atoms with Crippen LogP contribution in [0.1, 0.15) is 75.3 Å². The van der Waals surface area contributed by atoms with Gasteiger partial charge in [-0.3, -0.25) is 4.79 Å². The minimum atomic E-state index is 0.288. The number of hydrogen-bond donors (Lipinski definition) is 0. The molecule has 34 heavy (non-hydrogen) atoms. The molecule has 0 N–H and O–H groups in total. The third kappa shape index (κ3) is 5.92. The van der Waals surface area contributed by atoms with Gasteiger partial charge in [-0.2, -0.15) is 0 Å². The Bertz CT molecular complexity index is 902. The number of likely N-dealkylation sites (tertiary alicyclic amines) is 1. The van der Waals surface area contributed by atoms with Gasteiger partial charge < -0.3 is 9.80 Å². The number of carbonyl (C=O) groups excluding carboxylic acids is 1. The van der Waals surface area contributed by atoms with E-state index in [-0.39, 0.29) is 5.91 Å². The summed E-state index contributed by atoms with van der Waals surface area (Å²) in [6.07, 6.45) is 11.3. The largest absolute Gasteiger partial charge is 0.337 e. The van der Waals surface area contributed by atoms with Crippen LogP contribution in [0.5, 0.6) is 0 Å². The SMILES string of the molecule is CC(=O)N(C1CC1)C1C[C@H](CN2CCC(CCCc3ccccc3)CC2)[C@@H](c2ccccc2)C1. The molecule has 182 valence electrons. The lowest BCUT2D eigenvalue weighted by atomic mass is 9.87. The van der Waals surface area contributed by atoms with Gasteiger partial charge in [0.05, 0.1) is 0 Å². The van der Waals surface area contributed by atoms with E-state index in [9.17, 15) is 4.79 Å². The van der Waals surface area contributed by atoms with E-state index in [1.54, 1.807) is 6.92 Å². The van der Waals surface area contributed by atoms with Gasteiger partial charge >= 0.3 is 0 Å². The van der Waals surface area contributed by atoms with Gasteiger partial charge in [-0.1, -0.05) is 67.1 Å². The van der Waals surface area contributed by atoms with Crippen LogP contribution in [0, 0.1) is 11.8 Å². The lowest BCUT2D eigenvalue weighted by Gasteiger charge is -2.35. The number of amides is 1. The van der Waals surface area contributed by atoms with Gasteiger partial charge in [0.1, 0.15) is 0 Å². The molecular weight excluding hydrogens is 416 g/mol. The van der Waals surface area contributed by atoms with Crippen molar-refractivity contribution in [1.29, 1.82) is 0 Å². The Kier molecular flexibility index (Phi) is 7.69. The molecular formula is C31H42N2O. The van der Waals surface area contributed by atoms with Crippen molar-refractivity contribution in [2.24, 2.45) is 11.8 Å². The standard InChI is InChI=1S/C31H42N2O/c1-24(34)33(29-15-16-29)30-21-28(31(22-30)27-13-6-3-7-14-27)23-32-19-17-26(18-20-32)12-8-11-25-9-4-2-5-10-25/h2-7,9-10,13-14,26,28-31H,8,11-12,15-23H2,1H3/t28-,30?,31-/m1/s1. The fourth-order valence-corrected chi connectivity index (χ4v) is 6.83. The minimum absolute atomic E-state index is 0.288. The average molecular weight is 459 g/mol. The van der Waals surface area contributed by atoms with Gasteiger partial charge in [-0.05, 0) is 93.3 Å². The smallest absolute Gasteiger partial charge is 0.219 e. The summed E-state index contributed by atoms with van der Waals surface area (Å²) in [5, 5.41) is 0. The van der Waals surface area contributed by atoms with Crippen molar-refractivity contribution in [3.63, 3.8) is 0 Å². The number of aryl methyl sites for hydroxylation is 1. The molecule has 5 rings (SSSR count). The summed E-state index contributed by atoms with van der Waals surface area (Å²) >= 11 is 0. The number of rotatable bonds is 9. The van der Waals surface area contributed by atoms with Gasteiger partial charge in [0, 0.05) is 25.6 Å². The Hall–Kier alpha value is -2.13. The molecule has 3 atom stereocenters. The maximum atomic E-state index is 12.5. The molecule has 3 nitrogen and oxygen atoms in total. The third-order valence-corrected chi connectivity index (χ3v) is 8.72. The molecule has 0 spiro atoms. The van der Waals surface area contributed by atoms with E-state index >= 15 is 0 Å². The zero-order chi connectivity index (χ0) is 23.3. The summed E-state index contributed by atoms with van der Waals surface area (Å²) in [4.78, 5) is 17.5. The number of hydrogen-bond acceptors (Lipinski definition) is 2. The Labute approximate surface area is 206 Å². The Balaban J connectivity index is 1.15. The highest BCUT2D eigenvalue weighted by Gasteiger charge is 2.44. The topological polar surface area (TPSA) is 23.6 Å². The molecule has 1 heterocycles. The second-order valence-corrected chi connectivity index (χ2v) is 11.2. The number of piperidine rings is 1. The van der Waals surface area contributed by atoms with E-state index in [0.29, 0.717) is 23.9 Å². The van der Waals surface area contributed by atoms with Crippen molar-refractivity contribution in [3.05, 3.63) is 71.8 Å². The average Bonchev–Trinajstić information content (AvgIpc) is 3.61. The number of carbonyl (C=O) groups is 1. The van der Waals surface area contributed by atoms with E-state index in [2.05, 4.69) is 70.5 Å². The molecule has 3 aliphatic rings. The van der Waals surface area contributed by atoms with Crippen LogP contribution < -0.4 is 0 Å². The van der Waals surface area contributed by atoms with Crippen LogP contribution in [0.4, 0.5) is 0 Å². The maximum Gasteiger partial charge on any atom is 0.219 e. The summed E-state index contributed by atoms with van der Waals surface area (Å²) in [5.74, 6) is 2.42. The first-order valence-electron chi connectivity index (χ1n) is 13.8. The van der Waals surface area contributed by atoms with Gasteiger partial charge in [-0.15, -0.1) is 0 Å². The Morgan fingerprint density at radius 3 is 2.21 bits per heavy atom. The van der Waals surface area contributed by atoms with Crippen LogP contribution >= 0.6 is 0 Å². The number of nitrogens with zero attached hydrogens (tertiary/aromatic N) is 2. The monoisotopic (exact) mass is 458 g/mol. The molecule has 0 radical (unpaired) electrons. The van der Waals surface area contributed by atoms with Crippen molar-refractivity contribution in [2.45, 2.75) is 82.7 Å². The van der Waals surface area contributed by atoms with E-state index in [1.165, 1.54) is 82.1 Å². The van der Waals surface area contributed by atoms with Crippen LogP contribution in [0.2, 0.25) is 0 Å². The van der Waals surface area contributed by atoms with Gasteiger partial charge in [-0.25, -0.2) is 0 Å². The van der Waals surface area contributed by atoms with Gasteiger partial charge in [0.2, 0.25) is 5.91 Å². The highest BCUT2D eigenvalue weighted by Crippen LogP contribution is 2.45. The third-order valence-electron chi connectivity index (χ3n) is 8.72. The van der Waals surface area contributed by atoms with E-state index in [0.717, 1.165) is 12.3 Å². The van der Waals surface area contributed by atoms with Crippen LogP contribution in [0.15, 0.2) is 60.7 Å². The maximum absolute atomic E-state index is 12.5. The first kappa shape index (κ1) is 23.6. The molecule has 2 aliphatic carbocycles. The molecule has 2 aromatic rings. The van der Waals surface area contributed by atoms with Crippen LogP contribution in [0.25, 0.3) is 0 Å². The molecule has 3 heteroatoms. The zero-order valence-corrected chi connectivity index (χ0v) is 20.9. The highest BCUT2D eigenvalue weighted by atomic mass is 16.2. The minimum Gasteiger partial charge on any atom is -0.337 e. The molecule has 2 saturated carbocycles.